The Bertz CT molecular complexity index is 1110. The first-order valence-electron chi connectivity index (χ1n) is 9.40. The van der Waals surface area contributed by atoms with Crippen LogP contribution in [-0.4, -0.2) is 50.7 Å². The Morgan fingerprint density at radius 3 is 2.79 bits per heavy atom. The fourth-order valence-corrected chi connectivity index (χ4v) is 3.12. The molecule has 0 saturated carbocycles. The van der Waals surface area contributed by atoms with Crippen molar-refractivity contribution in [3.8, 4) is 22.8 Å². The zero-order valence-corrected chi connectivity index (χ0v) is 16.3. The standard InChI is InChI=1S/C22H22N2O5/c1-24(2)10-9-23-22(26)21-13-27-20-11-14(7-8-18(20)29-21)19-12-16(25)15-5-3-4-6-17(15)28-19/h3-8,11-12,21H,9-10,13H2,1-2H3,(H,23,26). The summed E-state index contributed by atoms with van der Waals surface area (Å²) in [5.74, 6) is 1.23. The molecule has 2 aromatic carbocycles. The number of ether oxygens (including phenoxy) is 2. The summed E-state index contributed by atoms with van der Waals surface area (Å²) in [5, 5.41) is 3.38. The van der Waals surface area contributed by atoms with E-state index in [9.17, 15) is 9.59 Å². The van der Waals surface area contributed by atoms with Gasteiger partial charge in [-0.1, -0.05) is 12.1 Å². The summed E-state index contributed by atoms with van der Waals surface area (Å²) in [6, 6.07) is 13.8. The molecule has 29 heavy (non-hydrogen) atoms. The van der Waals surface area contributed by atoms with Crippen molar-refractivity contribution in [3.63, 3.8) is 0 Å². The van der Waals surface area contributed by atoms with E-state index in [0.717, 1.165) is 6.54 Å². The first kappa shape index (κ1) is 19.0. The smallest absolute Gasteiger partial charge is 0.264 e. The van der Waals surface area contributed by atoms with Gasteiger partial charge in [0.05, 0.1) is 5.39 Å². The molecule has 1 amide bonds. The second-order valence-corrected chi connectivity index (χ2v) is 7.14. The number of amides is 1. The monoisotopic (exact) mass is 394 g/mol. The number of fused-ring (bicyclic) bond motifs is 2. The lowest BCUT2D eigenvalue weighted by atomic mass is 10.1. The third-order valence-corrected chi connectivity index (χ3v) is 4.67. The number of hydrogen-bond donors (Lipinski definition) is 1. The summed E-state index contributed by atoms with van der Waals surface area (Å²) >= 11 is 0. The van der Waals surface area contributed by atoms with Crippen LogP contribution in [0.3, 0.4) is 0 Å². The molecule has 0 bridgehead atoms. The van der Waals surface area contributed by atoms with Gasteiger partial charge >= 0.3 is 0 Å². The van der Waals surface area contributed by atoms with E-state index in [-0.39, 0.29) is 17.9 Å². The third kappa shape index (κ3) is 4.09. The fourth-order valence-electron chi connectivity index (χ4n) is 3.12. The van der Waals surface area contributed by atoms with E-state index in [0.29, 0.717) is 40.3 Å². The molecule has 1 aliphatic heterocycles. The molecular formula is C22H22N2O5. The van der Waals surface area contributed by atoms with Gasteiger partial charge in [-0.15, -0.1) is 0 Å². The van der Waals surface area contributed by atoms with Crippen LogP contribution in [0.5, 0.6) is 11.5 Å². The minimum atomic E-state index is -0.700. The van der Waals surface area contributed by atoms with Crippen molar-refractivity contribution in [1.82, 2.24) is 10.2 Å². The highest BCUT2D eigenvalue weighted by atomic mass is 16.6. The van der Waals surface area contributed by atoms with Gasteiger partial charge in [-0.2, -0.15) is 0 Å². The highest BCUT2D eigenvalue weighted by Gasteiger charge is 2.27. The van der Waals surface area contributed by atoms with Crippen molar-refractivity contribution in [2.45, 2.75) is 6.10 Å². The molecule has 0 saturated heterocycles. The average molecular weight is 394 g/mol. The number of nitrogens with one attached hydrogen (secondary N) is 1. The van der Waals surface area contributed by atoms with Gasteiger partial charge in [0.15, 0.2) is 16.9 Å². The molecule has 0 aliphatic carbocycles. The van der Waals surface area contributed by atoms with E-state index in [1.54, 1.807) is 36.4 Å². The second-order valence-electron chi connectivity index (χ2n) is 7.14. The summed E-state index contributed by atoms with van der Waals surface area (Å²) in [7, 11) is 3.88. The number of nitrogens with zero attached hydrogens (tertiary/aromatic N) is 1. The van der Waals surface area contributed by atoms with Crippen LogP contribution in [0.4, 0.5) is 0 Å². The number of likely N-dealkylation sites (N-methyl/N-ethyl adjacent to an activating group) is 1. The highest BCUT2D eigenvalue weighted by Crippen LogP contribution is 2.36. The zero-order chi connectivity index (χ0) is 20.4. The molecule has 7 nitrogen and oxygen atoms in total. The maximum atomic E-state index is 12.3. The van der Waals surface area contributed by atoms with Crippen molar-refractivity contribution in [3.05, 3.63) is 58.8 Å². The van der Waals surface area contributed by atoms with Gasteiger partial charge in [0.1, 0.15) is 18.0 Å². The van der Waals surface area contributed by atoms with E-state index in [1.165, 1.54) is 6.07 Å². The Hall–Kier alpha value is -3.32. The van der Waals surface area contributed by atoms with E-state index in [1.807, 2.05) is 25.1 Å². The van der Waals surface area contributed by atoms with Crippen molar-refractivity contribution in [1.29, 1.82) is 0 Å². The van der Waals surface area contributed by atoms with E-state index >= 15 is 0 Å². The van der Waals surface area contributed by atoms with Gasteiger partial charge in [0.25, 0.3) is 5.91 Å². The SMILES string of the molecule is CN(C)CCNC(=O)C1COc2cc(-c3cc(=O)c4ccccc4o3)ccc2O1. The number of benzene rings is 2. The van der Waals surface area contributed by atoms with Gasteiger partial charge in [0, 0.05) is 24.7 Å². The maximum Gasteiger partial charge on any atom is 0.264 e. The second kappa shape index (κ2) is 7.97. The topological polar surface area (TPSA) is 81.0 Å². The first-order valence-corrected chi connectivity index (χ1v) is 9.40. The lowest BCUT2D eigenvalue weighted by Crippen LogP contribution is -2.45. The molecule has 1 N–H and O–H groups in total. The molecule has 0 spiro atoms. The van der Waals surface area contributed by atoms with Crippen LogP contribution in [0.25, 0.3) is 22.3 Å². The molecule has 4 rings (SSSR count). The van der Waals surface area contributed by atoms with Crippen LogP contribution in [0.2, 0.25) is 0 Å². The average Bonchev–Trinajstić information content (AvgIpc) is 2.72. The predicted molar refractivity (Wildman–Crippen MR) is 109 cm³/mol. The summed E-state index contributed by atoms with van der Waals surface area (Å²) < 4.78 is 17.4. The first-order chi connectivity index (χ1) is 14.0. The molecule has 0 radical (unpaired) electrons. The lowest BCUT2D eigenvalue weighted by molar-refractivity contribution is -0.130. The van der Waals surface area contributed by atoms with Gasteiger partial charge in [-0.05, 0) is 44.4 Å². The Morgan fingerprint density at radius 2 is 1.97 bits per heavy atom. The van der Waals surface area contributed by atoms with Gasteiger partial charge in [-0.3, -0.25) is 9.59 Å². The molecule has 1 atom stereocenters. The lowest BCUT2D eigenvalue weighted by Gasteiger charge is -2.26. The minimum absolute atomic E-state index is 0.105. The summed E-state index contributed by atoms with van der Waals surface area (Å²) in [6.45, 7) is 1.40. The van der Waals surface area contributed by atoms with Gasteiger partial charge in [0.2, 0.25) is 6.10 Å². The highest BCUT2D eigenvalue weighted by molar-refractivity contribution is 5.82. The van der Waals surface area contributed by atoms with Gasteiger partial charge < -0.3 is 24.1 Å². The number of rotatable bonds is 5. The quantitative estimate of drug-likeness (QED) is 0.715. The molecule has 2 heterocycles. The van der Waals surface area contributed by atoms with Crippen LogP contribution in [0.15, 0.2) is 57.7 Å². The number of para-hydroxylation sites is 1. The van der Waals surface area contributed by atoms with Crippen LogP contribution in [0.1, 0.15) is 0 Å². The molecule has 0 fully saturated rings. The zero-order valence-electron chi connectivity index (χ0n) is 16.3. The van der Waals surface area contributed by atoms with Crippen LogP contribution in [-0.2, 0) is 4.79 Å². The number of carbonyl (C=O) groups is 1. The Morgan fingerprint density at radius 1 is 1.14 bits per heavy atom. The van der Waals surface area contributed by atoms with Crippen molar-refractivity contribution in [2.75, 3.05) is 33.8 Å². The van der Waals surface area contributed by atoms with Crippen LogP contribution >= 0.6 is 0 Å². The molecular weight excluding hydrogens is 372 g/mol. The third-order valence-electron chi connectivity index (χ3n) is 4.67. The molecule has 7 heteroatoms. The molecule has 3 aromatic rings. The molecule has 1 aliphatic rings. The summed E-state index contributed by atoms with van der Waals surface area (Å²) in [4.78, 5) is 26.6. The van der Waals surface area contributed by atoms with Gasteiger partial charge in [-0.25, -0.2) is 0 Å². The largest absolute Gasteiger partial charge is 0.485 e. The van der Waals surface area contributed by atoms with Crippen LogP contribution < -0.4 is 20.2 Å². The normalized spacial score (nSPS) is 15.5. The molecule has 1 unspecified atom stereocenters. The Balaban J connectivity index is 1.52. The Kier molecular flexibility index (Phi) is 5.22. The molecule has 150 valence electrons. The van der Waals surface area contributed by atoms with E-state index in [4.69, 9.17) is 13.9 Å². The minimum Gasteiger partial charge on any atom is -0.485 e. The number of hydrogen-bond acceptors (Lipinski definition) is 6. The summed E-state index contributed by atoms with van der Waals surface area (Å²) in [6.07, 6.45) is -0.700. The maximum absolute atomic E-state index is 12.3. The van der Waals surface area contributed by atoms with Crippen molar-refractivity contribution in [2.24, 2.45) is 0 Å². The van der Waals surface area contributed by atoms with Crippen molar-refractivity contribution < 1.29 is 18.7 Å². The Labute approximate surface area is 167 Å². The van der Waals surface area contributed by atoms with Crippen LogP contribution in [0, 0.1) is 0 Å². The van der Waals surface area contributed by atoms with Crippen molar-refractivity contribution >= 4 is 16.9 Å². The number of carbonyl (C=O) groups excluding carboxylic acids is 1. The van der Waals surface area contributed by atoms with E-state index < -0.39 is 6.10 Å². The predicted octanol–water partition coefficient (Wildman–Crippen LogP) is 2.28. The van der Waals surface area contributed by atoms with E-state index in [2.05, 4.69) is 5.32 Å². The fraction of sp³-hybridized carbons (Fsp3) is 0.273. The molecule has 1 aromatic heterocycles. The summed E-state index contributed by atoms with van der Waals surface area (Å²) in [5.41, 5.74) is 1.12.